The van der Waals surface area contributed by atoms with Crippen LogP contribution in [0.1, 0.15) is 1.43 Å². The van der Waals surface area contributed by atoms with Gasteiger partial charge in [0, 0.05) is 13.7 Å². The van der Waals surface area contributed by atoms with Crippen LogP contribution in [0.15, 0.2) is 41.6 Å². The molecule has 0 saturated heterocycles. The molecular formula is C17H17F3N6O7. The Bertz CT molecular complexity index is 1200. The quantitative estimate of drug-likeness (QED) is 0.420. The molecule has 3 rings (SSSR count). The van der Waals surface area contributed by atoms with Gasteiger partial charge in [-0.05, 0) is 0 Å². The molecule has 178 valence electrons. The van der Waals surface area contributed by atoms with E-state index in [1.165, 1.54) is 14.2 Å². The number of ether oxygens (including phenoxy) is 2. The molecule has 3 aromatic rings. The number of nitrogens with two attached hydrogens (primary N) is 1. The van der Waals surface area contributed by atoms with Crippen molar-refractivity contribution in [3.63, 3.8) is 0 Å². The van der Waals surface area contributed by atoms with Crippen molar-refractivity contribution in [2.24, 2.45) is 0 Å². The third kappa shape index (κ3) is 8.12. The minimum absolute atomic E-state index is 0. The average Bonchev–Trinajstić information content (AvgIpc) is 2.76. The summed E-state index contributed by atoms with van der Waals surface area (Å²) in [5.74, 6) is -2.00. The Morgan fingerprint density at radius 1 is 0.909 bits per heavy atom. The van der Waals surface area contributed by atoms with E-state index in [-0.39, 0.29) is 18.9 Å². The van der Waals surface area contributed by atoms with Crippen LogP contribution >= 0.6 is 0 Å². The summed E-state index contributed by atoms with van der Waals surface area (Å²) in [6.07, 6.45) is 2.66. The molecule has 16 heteroatoms. The molecule has 3 aromatic heterocycles. The number of anilines is 1. The highest BCUT2D eigenvalue weighted by Gasteiger charge is 2.16. The molecule has 0 atom stereocenters. The Morgan fingerprint density at radius 3 is 1.85 bits per heavy atom. The molecule has 0 radical (unpaired) electrons. The number of pyridine rings is 3. The molecule has 3 heterocycles. The lowest BCUT2D eigenvalue weighted by Crippen LogP contribution is -2.10. The minimum atomic E-state index is -0.943. The zero-order valence-electron chi connectivity index (χ0n) is 16.8. The smallest absolute Gasteiger partial charge is 0.336 e. The number of halogens is 3. The summed E-state index contributed by atoms with van der Waals surface area (Å²) >= 11 is 0. The highest BCUT2D eigenvalue weighted by atomic mass is 19.1. The second kappa shape index (κ2) is 12.2. The van der Waals surface area contributed by atoms with Crippen LogP contribution in [0.3, 0.4) is 0 Å². The van der Waals surface area contributed by atoms with E-state index in [1.54, 1.807) is 0 Å². The van der Waals surface area contributed by atoms with Gasteiger partial charge in [-0.2, -0.15) is 0 Å². The molecule has 0 saturated carbocycles. The lowest BCUT2D eigenvalue weighted by Gasteiger charge is -2.00. The molecule has 0 bridgehead atoms. The van der Waals surface area contributed by atoms with Gasteiger partial charge in [0.1, 0.15) is 17.5 Å². The minimum Gasteiger partial charge on any atom is -0.480 e. The third-order valence-electron chi connectivity index (χ3n) is 3.27. The van der Waals surface area contributed by atoms with Crippen LogP contribution in [0.5, 0.6) is 11.8 Å². The van der Waals surface area contributed by atoms with Gasteiger partial charge in [-0.25, -0.2) is 23.1 Å². The summed E-state index contributed by atoms with van der Waals surface area (Å²) in [5.41, 5.74) is 3.35. The summed E-state index contributed by atoms with van der Waals surface area (Å²) in [5, 5.41) is 20.2. The maximum Gasteiger partial charge on any atom is 0.336 e. The number of aromatic amines is 1. The number of nitrogens with one attached hydrogen (secondary N) is 1. The van der Waals surface area contributed by atoms with Crippen LogP contribution in [0, 0.1) is 37.7 Å². The van der Waals surface area contributed by atoms with Gasteiger partial charge >= 0.3 is 16.9 Å². The van der Waals surface area contributed by atoms with Gasteiger partial charge in [0.05, 0.1) is 54.3 Å². The number of rotatable bonds is 4. The highest BCUT2D eigenvalue weighted by molar-refractivity contribution is 5.47. The summed E-state index contributed by atoms with van der Waals surface area (Å²) in [4.78, 5) is 37.9. The summed E-state index contributed by atoms with van der Waals surface area (Å²) in [6.45, 7) is 0. The number of nitro groups is 2. The lowest BCUT2D eigenvalue weighted by atomic mass is 10.4. The first kappa shape index (κ1) is 26.3. The monoisotopic (exact) mass is 474 g/mol. The lowest BCUT2D eigenvalue weighted by molar-refractivity contribution is -0.386. The number of aromatic nitrogens is 3. The Kier molecular flexibility index (Phi) is 9.70. The Labute approximate surface area is 183 Å². The third-order valence-corrected chi connectivity index (χ3v) is 3.27. The first-order valence-electron chi connectivity index (χ1n) is 8.31. The Hall–Kier alpha value is -4.76. The fraction of sp³-hybridized carbons (Fsp3) is 0.118. The molecule has 0 amide bonds. The van der Waals surface area contributed by atoms with E-state index in [4.69, 9.17) is 10.5 Å². The van der Waals surface area contributed by atoms with Crippen molar-refractivity contribution in [2.45, 2.75) is 0 Å². The number of nitrogen functional groups attached to an aromatic ring is 1. The van der Waals surface area contributed by atoms with Gasteiger partial charge in [0.15, 0.2) is 0 Å². The van der Waals surface area contributed by atoms with E-state index in [1.807, 2.05) is 4.98 Å². The summed E-state index contributed by atoms with van der Waals surface area (Å²) in [7, 11) is 2.66. The predicted molar refractivity (Wildman–Crippen MR) is 108 cm³/mol. The normalized spacial score (nSPS) is 9.48. The molecule has 13 nitrogen and oxygen atoms in total. The zero-order chi connectivity index (χ0) is 25.1. The summed E-state index contributed by atoms with van der Waals surface area (Å²) in [6, 6.07) is 2.48. The van der Waals surface area contributed by atoms with E-state index in [9.17, 15) is 38.2 Å². The van der Waals surface area contributed by atoms with E-state index >= 15 is 0 Å². The van der Waals surface area contributed by atoms with E-state index in [0.29, 0.717) is 6.07 Å². The summed E-state index contributed by atoms with van der Waals surface area (Å²) < 4.78 is 46.2. The average molecular weight is 474 g/mol. The van der Waals surface area contributed by atoms with Crippen molar-refractivity contribution in [1.29, 1.82) is 0 Å². The number of H-pyrrole nitrogens is 1. The van der Waals surface area contributed by atoms with Crippen LogP contribution in [0.25, 0.3) is 0 Å². The van der Waals surface area contributed by atoms with Crippen molar-refractivity contribution in [2.75, 3.05) is 20.0 Å². The van der Waals surface area contributed by atoms with Gasteiger partial charge in [0.25, 0.3) is 5.88 Å². The molecule has 0 aliphatic heterocycles. The van der Waals surface area contributed by atoms with Gasteiger partial charge in [-0.15, -0.1) is 0 Å². The maximum atomic E-state index is 12.4. The predicted octanol–water partition coefficient (Wildman–Crippen LogP) is 2.62. The molecule has 0 aliphatic rings. The van der Waals surface area contributed by atoms with Crippen molar-refractivity contribution in [1.82, 2.24) is 15.0 Å². The van der Waals surface area contributed by atoms with Crippen LogP contribution in [0.2, 0.25) is 0 Å². The van der Waals surface area contributed by atoms with Crippen LogP contribution in [-0.2, 0) is 0 Å². The van der Waals surface area contributed by atoms with Crippen LogP contribution in [-0.4, -0.2) is 39.0 Å². The largest absolute Gasteiger partial charge is 0.480 e. The van der Waals surface area contributed by atoms with Gasteiger partial charge < -0.3 is 20.2 Å². The van der Waals surface area contributed by atoms with Gasteiger partial charge in [-0.3, -0.25) is 25.0 Å². The maximum absolute atomic E-state index is 12.4. The Balaban J connectivity index is 0.000000475. The van der Waals surface area contributed by atoms with E-state index < -0.39 is 44.2 Å². The highest BCUT2D eigenvalue weighted by Crippen LogP contribution is 2.23. The molecule has 0 aromatic carbocycles. The molecular weight excluding hydrogens is 457 g/mol. The van der Waals surface area contributed by atoms with Crippen molar-refractivity contribution >= 4 is 17.1 Å². The molecule has 0 aliphatic carbocycles. The van der Waals surface area contributed by atoms with Crippen molar-refractivity contribution in [3.05, 3.63) is 84.8 Å². The molecule has 33 heavy (non-hydrogen) atoms. The van der Waals surface area contributed by atoms with E-state index in [2.05, 4.69) is 14.7 Å². The zero-order valence-corrected chi connectivity index (χ0v) is 16.8. The second-order valence-electron chi connectivity index (χ2n) is 5.48. The van der Waals surface area contributed by atoms with Gasteiger partial charge in [0.2, 0.25) is 5.88 Å². The first-order valence-corrected chi connectivity index (χ1v) is 8.31. The fourth-order valence-corrected chi connectivity index (χ4v) is 1.90. The second-order valence-corrected chi connectivity index (χ2v) is 5.48. The molecule has 0 unspecified atom stereocenters. The van der Waals surface area contributed by atoms with E-state index in [0.717, 1.165) is 30.7 Å². The molecule has 0 fully saturated rings. The van der Waals surface area contributed by atoms with Crippen molar-refractivity contribution in [3.8, 4) is 11.8 Å². The standard InChI is InChI=1S/C6H5FN2O3.C6H7FN2O.C5H3FN2O3.H2/c1-12-6-5(9(10)11)2-4(7)3-8-6;1-10-6-5(8)2-4(7)3-9-6;6-3-1-4(8(10)11)5(9)7-2-3;/h2-3H,1H3;2-3H,8H2,1H3;1-2H,(H,7,9);1H. The number of hydrogen-bond acceptors (Lipinski definition) is 10. The molecule has 0 spiro atoms. The topological polar surface area (TPSA) is 189 Å². The number of hydrogen-bond donors (Lipinski definition) is 2. The number of methoxy groups -OCH3 is 2. The fourth-order valence-electron chi connectivity index (χ4n) is 1.90. The SMILES string of the molecule is COc1ncc(F)cc1N.COc1ncc(F)cc1[N+](=O)[O-].O=c1[nH]cc(F)cc1[N+](=O)[O-].[HH]. The Morgan fingerprint density at radius 2 is 1.39 bits per heavy atom. The van der Waals surface area contributed by atoms with Crippen LogP contribution < -0.4 is 20.8 Å². The van der Waals surface area contributed by atoms with Crippen molar-refractivity contribution < 1.29 is 33.9 Å². The molecule has 3 N–H and O–H groups in total. The first-order chi connectivity index (χ1) is 15.5. The van der Waals surface area contributed by atoms with Gasteiger partial charge in [-0.1, -0.05) is 0 Å². The van der Waals surface area contributed by atoms with Crippen LogP contribution in [0.4, 0.5) is 30.2 Å². The number of nitrogens with zero attached hydrogens (tertiary/aromatic N) is 4.